The van der Waals surface area contributed by atoms with Gasteiger partial charge in [0.25, 0.3) is 0 Å². The summed E-state index contributed by atoms with van der Waals surface area (Å²) in [4.78, 5) is 38.6. The third kappa shape index (κ3) is 14.9. The van der Waals surface area contributed by atoms with Gasteiger partial charge < -0.3 is 30.6 Å². The number of hydrogen-bond donors (Lipinski definition) is 6. The molecule has 28 heavy (non-hydrogen) atoms. The fourth-order valence-electron chi connectivity index (χ4n) is 2.24. The fourth-order valence-corrected chi connectivity index (χ4v) is 2.24. The summed E-state index contributed by atoms with van der Waals surface area (Å²) in [6, 6.07) is 0. The first-order valence-corrected chi connectivity index (χ1v) is 9.06. The Morgan fingerprint density at radius 1 is 0.500 bits per heavy atom. The minimum absolute atomic E-state index is 0.296. The molecule has 6 N–H and O–H groups in total. The average Bonchev–Trinajstić information content (AvgIpc) is 2.64. The van der Waals surface area contributed by atoms with E-state index in [-0.39, 0.29) is 25.7 Å². The molecular formula is C18H34O10. The van der Waals surface area contributed by atoms with Crippen LogP contribution in [-0.2, 0) is 19.2 Å². The monoisotopic (exact) mass is 410 g/mol. The number of carbonyl (C=O) groups is 4. The summed E-state index contributed by atoms with van der Waals surface area (Å²) in [5.74, 6) is -4.31. The third-order valence-electron chi connectivity index (χ3n) is 4.31. The Kier molecular flexibility index (Phi) is 17.2. The van der Waals surface area contributed by atoms with Gasteiger partial charge in [-0.2, -0.15) is 0 Å². The predicted molar refractivity (Wildman–Crippen MR) is 100 cm³/mol. The van der Waals surface area contributed by atoms with Crippen molar-refractivity contribution in [3.8, 4) is 0 Å². The zero-order chi connectivity index (χ0) is 23.0. The van der Waals surface area contributed by atoms with E-state index in [1.165, 1.54) is 0 Å². The van der Waals surface area contributed by atoms with Crippen molar-refractivity contribution in [1.29, 1.82) is 0 Å². The molecule has 0 unspecified atom stereocenters. The Bertz CT molecular complexity index is 407. The van der Waals surface area contributed by atoms with Crippen LogP contribution in [0.1, 0.15) is 79.1 Å². The zero-order valence-corrected chi connectivity index (χ0v) is 17.0. The largest absolute Gasteiger partial charge is 0.481 e. The molecule has 0 heterocycles. The molecule has 0 saturated carbocycles. The Hall–Kier alpha value is -2.20. The SMILES string of the molecule is CCC(O)(CC)C(O)(CC)CC.O=C(O)CCC(=O)O.O=C(O)CCC(=O)O. The molecule has 0 aliphatic heterocycles. The van der Waals surface area contributed by atoms with E-state index in [1.54, 1.807) is 0 Å². The first kappa shape index (κ1) is 30.5. The number of carboxylic acid groups (broad SMARTS) is 4. The minimum Gasteiger partial charge on any atom is -0.481 e. The highest BCUT2D eigenvalue weighted by Crippen LogP contribution is 2.34. The van der Waals surface area contributed by atoms with Gasteiger partial charge >= 0.3 is 23.9 Å². The van der Waals surface area contributed by atoms with Crippen LogP contribution in [0.2, 0.25) is 0 Å². The predicted octanol–water partition coefficient (Wildman–Crippen LogP) is 1.96. The summed E-state index contributed by atoms with van der Waals surface area (Å²) < 4.78 is 0. The van der Waals surface area contributed by atoms with Crippen molar-refractivity contribution in [3.63, 3.8) is 0 Å². The van der Waals surface area contributed by atoms with Crippen molar-refractivity contribution >= 4 is 23.9 Å². The molecule has 0 aromatic rings. The molecule has 0 aliphatic rings. The Balaban J connectivity index is -0.000000347. The second-order valence-electron chi connectivity index (χ2n) is 6.05. The van der Waals surface area contributed by atoms with E-state index in [0.29, 0.717) is 25.7 Å². The van der Waals surface area contributed by atoms with Crippen LogP contribution < -0.4 is 0 Å². The number of hydrogen-bond acceptors (Lipinski definition) is 6. The van der Waals surface area contributed by atoms with Crippen LogP contribution in [0, 0.1) is 0 Å². The second-order valence-corrected chi connectivity index (χ2v) is 6.05. The van der Waals surface area contributed by atoms with Gasteiger partial charge in [-0.05, 0) is 25.7 Å². The van der Waals surface area contributed by atoms with Crippen LogP contribution >= 0.6 is 0 Å². The zero-order valence-electron chi connectivity index (χ0n) is 17.0. The van der Waals surface area contributed by atoms with Crippen LogP contribution in [0.25, 0.3) is 0 Å². The van der Waals surface area contributed by atoms with Gasteiger partial charge in [0.05, 0.1) is 36.9 Å². The highest BCUT2D eigenvalue weighted by Gasteiger charge is 2.43. The lowest BCUT2D eigenvalue weighted by molar-refractivity contribution is -0.159. The Morgan fingerprint density at radius 2 is 0.643 bits per heavy atom. The first-order chi connectivity index (χ1) is 12.7. The van der Waals surface area contributed by atoms with Crippen molar-refractivity contribution in [3.05, 3.63) is 0 Å². The quantitative estimate of drug-likeness (QED) is 0.293. The van der Waals surface area contributed by atoms with Crippen molar-refractivity contribution in [2.75, 3.05) is 0 Å². The van der Waals surface area contributed by atoms with E-state index in [4.69, 9.17) is 20.4 Å². The molecule has 10 heteroatoms. The van der Waals surface area contributed by atoms with E-state index >= 15 is 0 Å². The molecule has 0 radical (unpaired) electrons. The molecule has 166 valence electrons. The lowest BCUT2D eigenvalue weighted by Gasteiger charge is -2.42. The summed E-state index contributed by atoms with van der Waals surface area (Å²) in [6.45, 7) is 7.67. The Labute approximate surface area is 164 Å². The van der Waals surface area contributed by atoms with Gasteiger partial charge in [-0.3, -0.25) is 19.2 Å². The molecule has 0 rings (SSSR count). The van der Waals surface area contributed by atoms with Crippen LogP contribution in [0.4, 0.5) is 0 Å². The lowest BCUT2D eigenvalue weighted by atomic mass is 9.75. The van der Waals surface area contributed by atoms with E-state index in [2.05, 4.69) is 0 Å². The van der Waals surface area contributed by atoms with Gasteiger partial charge in [0.15, 0.2) is 0 Å². The van der Waals surface area contributed by atoms with Crippen LogP contribution in [0.5, 0.6) is 0 Å². The van der Waals surface area contributed by atoms with Crippen molar-refractivity contribution in [1.82, 2.24) is 0 Å². The molecule has 0 aromatic heterocycles. The summed E-state index contributed by atoms with van der Waals surface area (Å²) >= 11 is 0. The summed E-state index contributed by atoms with van der Waals surface area (Å²) in [5.41, 5.74) is -1.81. The smallest absolute Gasteiger partial charge is 0.303 e. The second kappa shape index (κ2) is 15.8. The number of aliphatic hydroxyl groups is 2. The number of aliphatic carboxylic acids is 4. The van der Waals surface area contributed by atoms with E-state index in [9.17, 15) is 29.4 Å². The summed E-state index contributed by atoms with van der Waals surface area (Å²) in [6.07, 6.45) is 1.27. The van der Waals surface area contributed by atoms with Crippen LogP contribution in [0.3, 0.4) is 0 Å². The molecular weight excluding hydrogens is 376 g/mol. The molecule has 0 spiro atoms. The molecule has 0 amide bonds. The standard InChI is InChI=1S/C10H22O2.2C4H6O4/c1-5-9(11,6-2)10(12,7-3)8-4;2*5-3(6)1-2-4(7)8/h11-12H,5-8H2,1-4H3;2*1-2H2,(H,5,6)(H,7,8). The highest BCUT2D eigenvalue weighted by molar-refractivity contribution is 5.75. The number of rotatable bonds is 11. The van der Waals surface area contributed by atoms with Gasteiger partial charge in [0, 0.05) is 0 Å². The maximum Gasteiger partial charge on any atom is 0.303 e. The maximum atomic E-state index is 10.1. The van der Waals surface area contributed by atoms with Crippen LogP contribution in [0.15, 0.2) is 0 Å². The molecule has 0 aromatic carbocycles. The normalized spacial score (nSPS) is 10.6. The maximum absolute atomic E-state index is 10.1. The molecule has 0 fully saturated rings. The lowest BCUT2D eigenvalue weighted by Crippen LogP contribution is -2.52. The first-order valence-electron chi connectivity index (χ1n) is 9.06. The van der Waals surface area contributed by atoms with Crippen molar-refractivity contribution < 1.29 is 49.8 Å². The summed E-state index contributed by atoms with van der Waals surface area (Å²) in [7, 11) is 0. The number of carboxylic acids is 4. The van der Waals surface area contributed by atoms with Gasteiger partial charge in [0.1, 0.15) is 0 Å². The molecule has 0 aliphatic carbocycles. The van der Waals surface area contributed by atoms with Crippen LogP contribution in [-0.4, -0.2) is 65.7 Å². The van der Waals surface area contributed by atoms with E-state index in [1.807, 2.05) is 27.7 Å². The van der Waals surface area contributed by atoms with Gasteiger partial charge in [-0.1, -0.05) is 27.7 Å². The highest BCUT2D eigenvalue weighted by atomic mass is 16.4. The molecule has 0 saturated heterocycles. The topological polar surface area (TPSA) is 190 Å². The molecule has 0 bridgehead atoms. The molecule has 0 atom stereocenters. The van der Waals surface area contributed by atoms with E-state index in [0.717, 1.165) is 0 Å². The Morgan fingerprint density at radius 3 is 0.714 bits per heavy atom. The summed E-state index contributed by atoms with van der Waals surface area (Å²) in [5, 5.41) is 51.8. The molecule has 10 nitrogen and oxygen atoms in total. The van der Waals surface area contributed by atoms with Crippen molar-refractivity contribution in [2.24, 2.45) is 0 Å². The minimum atomic E-state index is -1.08. The fraction of sp³-hybridized carbons (Fsp3) is 0.778. The van der Waals surface area contributed by atoms with Crippen molar-refractivity contribution in [2.45, 2.75) is 90.3 Å². The van der Waals surface area contributed by atoms with Gasteiger partial charge in [-0.25, -0.2) is 0 Å². The van der Waals surface area contributed by atoms with Gasteiger partial charge in [0.2, 0.25) is 0 Å². The van der Waals surface area contributed by atoms with Gasteiger partial charge in [-0.15, -0.1) is 0 Å². The third-order valence-corrected chi connectivity index (χ3v) is 4.31. The van der Waals surface area contributed by atoms with E-state index < -0.39 is 35.1 Å². The average molecular weight is 410 g/mol.